The van der Waals surface area contributed by atoms with E-state index in [9.17, 15) is 0 Å². The number of halogens is 1. The minimum atomic E-state index is 0.595. The molecule has 92 valence electrons. The summed E-state index contributed by atoms with van der Waals surface area (Å²) in [5, 5.41) is 6.61. The van der Waals surface area contributed by atoms with Crippen LogP contribution < -0.4 is 10.6 Å². The third-order valence-corrected chi connectivity index (χ3v) is 3.48. The quantitative estimate of drug-likeness (QED) is 0.829. The lowest BCUT2D eigenvalue weighted by molar-refractivity contribution is 1.07. The molecule has 0 amide bonds. The van der Waals surface area contributed by atoms with Gasteiger partial charge in [-0.2, -0.15) is 4.98 Å². The number of nitrogens with one attached hydrogen (secondary N) is 2. The second-order valence-electron chi connectivity index (χ2n) is 4.30. The van der Waals surface area contributed by atoms with Crippen molar-refractivity contribution in [3.8, 4) is 0 Å². The van der Waals surface area contributed by atoms with Crippen LogP contribution in [0.3, 0.4) is 0 Å². The van der Waals surface area contributed by atoms with Gasteiger partial charge in [-0.3, -0.25) is 0 Å². The van der Waals surface area contributed by atoms with E-state index in [2.05, 4.69) is 43.2 Å². The van der Waals surface area contributed by atoms with E-state index in [0.29, 0.717) is 12.0 Å². The summed E-state index contributed by atoms with van der Waals surface area (Å²) in [6.45, 7) is 0. The molecule has 0 aliphatic heterocycles. The third-order valence-electron chi connectivity index (χ3n) is 2.69. The zero-order valence-corrected chi connectivity index (χ0v) is 11.9. The lowest BCUT2D eigenvalue weighted by atomic mass is 10.3. The molecule has 1 saturated carbocycles. The first-order chi connectivity index (χ1) is 8.81. The van der Waals surface area contributed by atoms with Crippen LogP contribution in [0.15, 0.2) is 36.5 Å². The molecular formula is C13H13IN4. The fraction of sp³-hybridized carbons (Fsp3) is 0.231. The number of rotatable bonds is 4. The Morgan fingerprint density at radius 2 is 1.94 bits per heavy atom. The normalized spacial score (nSPS) is 14.3. The van der Waals surface area contributed by atoms with Gasteiger partial charge in [0.2, 0.25) is 5.95 Å². The van der Waals surface area contributed by atoms with Crippen molar-refractivity contribution in [1.82, 2.24) is 9.97 Å². The minimum absolute atomic E-state index is 0.595. The summed E-state index contributed by atoms with van der Waals surface area (Å²) in [6, 6.07) is 10.5. The van der Waals surface area contributed by atoms with Crippen molar-refractivity contribution < 1.29 is 0 Å². The summed E-state index contributed by atoms with van der Waals surface area (Å²) in [5.41, 5.74) is 0.996. The van der Waals surface area contributed by atoms with Gasteiger partial charge in [0.15, 0.2) is 0 Å². The maximum atomic E-state index is 4.51. The van der Waals surface area contributed by atoms with Crippen molar-refractivity contribution in [2.45, 2.75) is 18.9 Å². The average Bonchev–Trinajstić information content (AvgIpc) is 3.19. The number of benzene rings is 1. The monoisotopic (exact) mass is 352 g/mol. The zero-order valence-electron chi connectivity index (χ0n) is 9.73. The largest absolute Gasteiger partial charge is 0.366 e. The Morgan fingerprint density at radius 3 is 2.67 bits per heavy atom. The third kappa shape index (κ3) is 2.90. The highest BCUT2D eigenvalue weighted by Crippen LogP contribution is 2.27. The summed E-state index contributed by atoms with van der Waals surface area (Å²) < 4.78 is 1.05. The van der Waals surface area contributed by atoms with Crippen molar-refractivity contribution >= 4 is 40.0 Å². The van der Waals surface area contributed by atoms with E-state index < -0.39 is 0 Å². The molecule has 2 aromatic rings. The first-order valence-electron chi connectivity index (χ1n) is 5.92. The Morgan fingerprint density at radius 1 is 1.17 bits per heavy atom. The van der Waals surface area contributed by atoms with E-state index in [1.165, 1.54) is 12.8 Å². The Hall–Kier alpha value is -1.37. The van der Waals surface area contributed by atoms with Gasteiger partial charge in [-0.05, 0) is 47.6 Å². The first-order valence-corrected chi connectivity index (χ1v) is 7.00. The Balaban J connectivity index is 1.79. The molecule has 1 fully saturated rings. The topological polar surface area (TPSA) is 49.8 Å². The van der Waals surface area contributed by atoms with Crippen LogP contribution in [0.1, 0.15) is 12.8 Å². The molecule has 1 aromatic carbocycles. The van der Waals surface area contributed by atoms with Crippen LogP contribution in [0.2, 0.25) is 0 Å². The molecule has 1 aliphatic carbocycles. The highest BCUT2D eigenvalue weighted by molar-refractivity contribution is 14.1. The van der Waals surface area contributed by atoms with Crippen LogP contribution in [-0.2, 0) is 0 Å². The predicted molar refractivity (Wildman–Crippen MR) is 81.1 cm³/mol. The van der Waals surface area contributed by atoms with Gasteiger partial charge in [-0.15, -0.1) is 0 Å². The van der Waals surface area contributed by atoms with Crippen LogP contribution in [0.25, 0.3) is 0 Å². The van der Waals surface area contributed by atoms with Crippen molar-refractivity contribution in [3.05, 3.63) is 40.1 Å². The van der Waals surface area contributed by atoms with Crippen LogP contribution in [0, 0.1) is 3.57 Å². The maximum Gasteiger partial charge on any atom is 0.229 e. The van der Waals surface area contributed by atoms with E-state index in [4.69, 9.17) is 0 Å². The SMILES string of the molecule is Ic1cnc(Nc2ccccc2)nc1NC1CC1. The molecular weight excluding hydrogens is 339 g/mol. The van der Waals surface area contributed by atoms with Crippen LogP contribution in [-0.4, -0.2) is 16.0 Å². The van der Waals surface area contributed by atoms with Gasteiger partial charge < -0.3 is 10.6 Å². The highest BCUT2D eigenvalue weighted by atomic mass is 127. The Labute approximate surface area is 119 Å². The van der Waals surface area contributed by atoms with E-state index in [0.717, 1.165) is 15.1 Å². The summed E-state index contributed by atoms with van der Waals surface area (Å²) in [5.74, 6) is 1.55. The molecule has 0 unspecified atom stereocenters. The predicted octanol–water partition coefficient (Wildman–Crippen LogP) is 3.40. The van der Waals surface area contributed by atoms with Crippen molar-refractivity contribution in [3.63, 3.8) is 0 Å². The standard InChI is InChI=1S/C13H13IN4/c14-11-8-15-13(17-9-4-2-1-3-5-9)18-12(11)16-10-6-7-10/h1-5,8,10H,6-7H2,(H2,15,16,17,18). The molecule has 1 aliphatic rings. The summed E-state index contributed by atoms with van der Waals surface area (Å²) in [6.07, 6.45) is 4.31. The fourth-order valence-electron chi connectivity index (χ4n) is 1.60. The molecule has 0 radical (unpaired) electrons. The number of hydrogen-bond donors (Lipinski definition) is 2. The molecule has 3 rings (SSSR count). The lowest BCUT2D eigenvalue weighted by Gasteiger charge is -2.09. The molecule has 0 bridgehead atoms. The number of aromatic nitrogens is 2. The average molecular weight is 352 g/mol. The van der Waals surface area contributed by atoms with E-state index in [-0.39, 0.29) is 0 Å². The summed E-state index contributed by atoms with van der Waals surface area (Å²) in [4.78, 5) is 8.80. The summed E-state index contributed by atoms with van der Waals surface area (Å²) in [7, 11) is 0. The fourth-order valence-corrected chi connectivity index (χ4v) is 2.02. The van der Waals surface area contributed by atoms with Gasteiger partial charge >= 0.3 is 0 Å². The van der Waals surface area contributed by atoms with E-state index >= 15 is 0 Å². The van der Waals surface area contributed by atoms with Gasteiger partial charge in [0.05, 0.1) is 3.57 Å². The molecule has 0 saturated heterocycles. The van der Waals surface area contributed by atoms with E-state index in [1.807, 2.05) is 36.5 Å². The van der Waals surface area contributed by atoms with Crippen LogP contribution in [0.4, 0.5) is 17.5 Å². The molecule has 1 heterocycles. The first kappa shape index (κ1) is 11.7. The summed E-state index contributed by atoms with van der Waals surface area (Å²) >= 11 is 2.25. The van der Waals surface area contributed by atoms with Crippen LogP contribution in [0.5, 0.6) is 0 Å². The van der Waals surface area contributed by atoms with Gasteiger partial charge in [0.25, 0.3) is 0 Å². The van der Waals surface area contributed by atoms with Crippen molar-refractivity contribution in [2.24, 2.45) is 0 Å². The van der Waals surface area contributed by atoms with Gasteiger partial charge in [0, 0.05) is 17.9 Å². The van der Waals surface area contributed by atoms with E-state index in [1.54, 1.807) is 0 Å². The highest BCUT2D eigenvalue weighted by Gasteiger charge is 2.22. The zero-order chi connectivity index (χ0) is 12.4. The molecule has 2 N–H and O–H groups in total. The van der Waals surface area contributed by atoms with Gasteiger partial charge in [-0.1, -0.05) is 18.2 Å². The Kier molecular flexibility index (Phi) is 3.31. The number of hydrogen-bond acceptors (Lipinski definition) is 4. The number of nitrogens with zero attached hydrogens (tertiary/aromatic N) is 2. The molecule has 5 heteroatoms. The lowest BCUT2D eigenvalue weighted by Crippen LogP contribution is -2.07. The molecule has 0 spiro atoms. The second kappa shape index (κ2) is 5.09. The van der Waals surface area contributed by atoms with Gasteiger partial charge in [-0.25, -0.2) is 4.98 Å². The van der Waals surface area contributed by atoms with Gasteiger partial charge in [0.1, 0.15) is 5.82 Å². The van der Waals surface area contributed by atoms with Crippen molar-refractivity contribution in [1.29, 1.82) is 0 Å². The number of anilines is 3. The molecule has 4 nitrogen and oxygen atoms in total. The van der Waals surface area contributed by atoms with Crippen LogP contribution >= 0.6 is 22.6 Å². The molecule has 0 atom stereocenters. The smallest absolute Gasteiger partial charge is 0.229 e. The maximum absolute atomic E-state index is 4.51. The number of para-hydroxylation sites is 1. The Bertz CT molecular complexity index is 540. The molecule has 1 aromatic heterocycles. The van der Waals surface area contributed by atoms with Crippen molar-refractivity contribution in [2.75, 3.05) is 10.6 Å². The second-order valence-corrected chi connectivity index (χ2v) is 5.46. The molecule has 18 heavy (non-hydrogen) atoms. The minimum Gasteiger partial charge on any atom is -0.366 e.